The van der Waals surface area contributed by atoms with Gasteiger partial charge >= 0.3 is 0 Å². The van der Waals surface area contributed by atoms with Gasteiger partial charge in [-0.05, 0) is 6.42 Å². The van der Waals surface area contributed by atoms with Gasteiger partial charge in [0, 0.05) is 18.4 Å². The standard InChI is InChI=1S/C18H17ClN4O3/c19-17-16-18(21-9-20-17)23(10-22-16)15-8-13(25)14(26-15)7-6-12(24)11-4-2-1-3-5-11/h1-5,9-10,13-15,25H,6-8H2/t13-,14+,15+/m0/s1. The third kappa shape index (κ3) is 3.21. The SMILES string of the molecule is O=C(CC[C@H]1O[C@@H](n2cnc3c(Cl)ncnc32)C[C@@H]1O)c1ccccc1. The molecule has 4 rings (SSSR count). The molecule has 3 atom stereocenters. The highest BCUT2D eigenvalue weighted by molar-refractivity contribution is 6.33. The van der Waals surface area contributed by atoms with E-state index in [4.69, 9.17) is 16.3 Å². The Kier molecular flexibility index (Phi) is 4.67. The molecule has 0 radical (unpaired) electrons. The van der Waals surface area contributed by atoms with Crippen molar-refractivity contribution in [2.45, 2.75) is 37.7 Å². The van der Waals surface area contributed by atoms with E-state index in [1.807, 2.05) is 18.2 Å². The third-order valence-corrected chi connectivity index (χ3v) is 4.86. The van der Waals surface area contributed by atoms with Gasteiger partial charge in [0.05, 0.1) is 18.5 Å². The van der Waals surface area contributed by atoms with Gasteiger partial charge in [-0.25, -0.2) is 15.0 Å². The molecule has 7 nitrogen and oxygen atoms in total. The van der Waals surface area contributed by atoms with E-state index in [1.165, 1.54) is 6.33 Å². The van der Waals surface area contributed by atoms with Crippen LogP contribution < -0.4 is 0 Å². The van der Waals surface area contributed by atoms with Crippen molar-refractivity contribution in [3.63, 3.8) is 0 Å². The molecule has 2 aromatic heterocycles. The van der Waals surface area contributed by atoms with E-state index in [2.05, 4.69) is 15.0 Å². The minimum Gasteiger partial charge on any atom is -0.390 e. The van der Waals surface area contributed by atoms with E-state index in [0.717, 1.165) is 0 Å². The fourth-order valence-corrected chi connectivity index (χ4v) is 3.40. The molecular weight excluding hydrogens is 356 g/mol. The largest absolute Gasteiger partial charge is 0.390 e. The molecule has 1 aromatic carbocycles. The molecule has 134 valence electrons. The maximum absolute atomic E-state index is 12.2. The number of fused-ring (bicyclic) bond motifs is 1. The monoisotopic (exact) mass is 372 g/mol. The number of halogens is 1. The second-order valence-electron chi connectivity index (χ2n) is 6.25. The number of nitrogens with zero attached hydrogens (tertiary/aromatic N) is 4. The van der Waals surface area contributed by atoms with Gasteiger partial charge in [0.2, 0.25) is 0 Å². The average Bonchev–Trinajstić information content (AvgIpc) is 3.25. The minimum absolute atomic E-state index is 0.0393. The highest BCUT2D eigenvalue weighted by atomic mass is 35.5. The molecular formula is C18H17ClN4O3. The molecule has 0 bridgehead atoms. The van der Waals surface area contributed by atoms with Gasteiger partial charge in [-0.2, -0.15) is 0 Å². The van der Waals surface area contributed by atoms with Crippen molar-refractivity contribution in [2.75, 3.05) is 0 Å². The number of aliphatic hydroxyl groups is 1. The Morgan fingerprint density at radius 1 is 1.27 bits per heavy atom. The number of Topliss-reactive ketones (excluding diaryl/α,β-unsaturated/α-hetero) is 1. The third-order valence-electron chi connectivity index (χ3n) is 4.58. The Morgan fingerprint density at radius 2 is 2.08 bits per heavy atom. The first-order valence-electron chi connectivity index (χ1n) is 8.38. The van der Waals surface area contributed by atoms with Crippen LogP contribution in [0.2, 0.25) is 5.15 Å². The number of benzene rings is 1. The minimum atomic E-state index is -0.654. The summed E-state index contributed by atoms with van der Waals surface area (Å²) >= 11 is 6.02. The lowest BCUT2D eigenvalue weighted by Gasteiger charge is -2.15. The molecule has 3 aromatic rings. The van der Waals surface area contributed by atoms with Crippen LogP contribution in [-0.4, -0.2) is 42.6 Å². The lowest BCUT2D eigenvalue weighted by molar-refractivity contribution is -0.0209. The number of aromatic nitrogens is 4. The van der Waals surface area contributed by atoms with Crippen LogP contribution in [0.4, 0.5) is 0 Å². The summed E-state index contributed by atoms with van der Waals surface area (Å²) < 4.78 is 7.71. The quantitative estimate of drug-likeness (QED) is 0.547. The molecule has 0 amide bonds. The first-order chi connectivity index (χ1) is 12.6. The zero-order valence-corrected chi connectivity index (χ0v) is 14.6. The van der Waals surface area contributed by atoms with E-state index in [1.54, 1.807) is 23.0 Å². The Labute approximate surface area is 154 Å². The second-order valence-corrected chi connectivity index (χ2v) is 6.61. The van der Waals surface area contributed by atoms with Crippen LogP contribution in [0, 0.1) is 0 Å². The molecule has 3 heterocycles. The van der Waals surface area contributed by atoms with Gasteiger partial charge in [-0.15, -0.1) is 0 Å². The summed E-state index contributed by atoms with van der Waals surface area (Å²) in [5, 5.41) is 10.6. The van der Waals surface area contributed by atoms with Gasteiger partial charge in [-0.3, -0.25) is 9.36 Å². The molecule has 8 heteroatoms. The summed E-state index contributed by atoms with van der Waals surface area (Å²) in [6.07, 6.45) is 2.64. The number of carbonyl (C=O) groups is 1. The fourth-order valence-electron chi connectivity index (χ4n) is 3.22. The van der Waals surface area contributed by atoms with Crippen LogP contribution in [0.1, 0.15) is 35.8 Å². The second kappa shape index (κ2) is 7.11. The van der Waals surface area contributed by atoms with Crippen molar-refractivity contribution >= 4 is 28.5 Å². The van der Waals surface area contributed by atoms with Crippen molar-refractivity contribution < 1.29 is 14.6 Å². The van der Waals surface area contributed by atoms with Crippen LogP contribution in [0.15, 0.2) is 43.0 Å². The predicted molar refractivity (Wildman–Crippen MR) is 94.9 cm³/mol. The summed E-state index contributed by atoms with van der Waals surface area (Å²) in [6.45, 7) is 0. The summed E-state index contributed by atoms with van der Waals surface area (Å²) in [5.41, 5.74) is 1.72. The van der Waals surface area contributed by atoms with Crippen molar-refractivity contribution in [1.29, 1.82) is 0 Å². The van der Waals surface area contributed by atoms with E-state index in [-0.39, 0.29) is 10.9 Å². The number of hydrogen-bond donors (Lipinski definition) is 1. The summed E-state index contributed by atoms with van der Waals surface area (Å²) in [5.74, 6) is 0.0393. The highest BCUT2D eigenvalue weighted by Gasteiger charge is 2.35. The van der Waals surface area contributed by atoms with Crippen LogP contribution >= 0.6 is 11.6 Å². The number of aliphatic hydroxyl groups excluding tert-OH is 1. The molecule has 1 N–H and O–H groups in total. The van der Waals surface area contributed by atoms with E-state index >= 15 is 0 Å². The van der Waals surface area contributed by atoms with Crippen molar-refractivity contribution in [3.8, 4) is 0 Å². The molecule has 1 fully saturated rings. The van der Waals surface area contributed by atoms with Gasteiger partial charge in [0.1, 0.15) is 18.1 Å². The van der Waals surface area contributed by atoms with E-state index in [0.29, 0.717) is 36.0 Å². The van der Waals surface area contributed by atoms with Crippen LogP contribution in [0.3, 0.4) is 0 Å². The number of ketones is 1. The molecule has 0 aliphatic carbocycles. The van der Waals surface area contributed by atoms with Gasteiger partial charge in [-0.1, -0.05) is 41.9 Å². The Hall–Kier alpha value is -2.35. The normalized spacial score (nSPS) is 22.8. The molecule has 26 heavy (non-hydrogen) atoms. The Balaban J connectivity index is 1.44. The average molecular weight is 373 g/mol. The zero-order valence-electron chi connectivity index (χ0n) is 13.8. The topological polar surface area (TPSA) is 90.1 Å². The molecule has 1 aliphatic rings. The molecule has 0 unspecified atom stereocenters. The lowest BCUT2D eigenvalue weighted by Crippen LogP contribution is -2.21. The number of carbonyl (C=O) groups excluding carboxylic acids is 1. The van der Waals surface area contributed by atoms with Crippen LogP contribution in [0.25, 0.3) is 11.2 Å². The highest BCUT2D eigenvalue weighted by Crippen LogP contribution is 2.33. The first-order valence-corrected chi connectivity index (χ1v) is 8.76. The summed E-state index contributed by atoms with van der Waals surface area (Å²) in [7, 11) is 0. The van der Waals surface area contributed by atoms with Crippen LogP contribution in [0.5, 0.6) is 0 Å². The number of ether oxygens (including phenoxy) is 1. The first kappa shape index (κ1) is 17.1. The number of imidazole rings is 1. The number of hydrogen-bond acceptors (Lipinski definition) is 6. The Bertz CT molecular complexity index is 931. The van der Waals surface area contributed by atoms with Crippen LogP contribution in [-0.2, 0) is 4.74 Å². The molecule has 0 spiro atoms. The van der Waals surface area contributed by atoms with E-state index < -0.39 is 18.4 Å². The Morgan fingerprint density at radius 3 is 2.88 bits per heavy atom. The van der Waals surface area contributed by atoms with Crippen molar-refractivity contribution in [2.24, 2.45) is 0 Å². The predicted octanol–water partition coefficient (Wildman–Crippen LogP) is 2.79. The fraction of sp³-hybridized carbons (Fsp3) is 0.333. The van der Waals surface area contributed by atoms with Gasteiger partial charge in [0.15, 0.2) is 16.6 Å². The van der Waals surface area contributed by atoms with Crippen molar-refractivity contribution in [3.05, 3.63) is 53.7 Å². The van der Waals surface area contributed by atoms with E-state index in [9.17, 15) is 9.90 Å². The maximum atomic E-state index is 12.2. The summed E-state index contributed by atoms with van der Waals surface area (Å²) in [4.78, 5) is 24.6. The van der Waals surface area contributed by atoms with Gasteiger partial charge in [0.25, 0.3) is 0 Å². The summed E-state index contributed by atoms with van der Waals surface area (Å²) in [6, 6.07) is 9.12. The van der Waals surface area contributed by atoms with Gasteiger partial charge < -0.3 is 9.84 Å². The molecule has 0 saturated carbocycles. The molecule has 1 saturated heterocycles. The molecule has 1 aliphatic heterocycles. The zero-order chi connectivity index (χ0) is 18.1. The maximum Gasteiger partial charge on any atom is 0.166 e. The smallest absolute Gasteiger partial charge is 0.166 e. The van der Waals surface area contributed by atoms with Crippen molar-refractivity contribution in [1.82, 2.24) is 19.5 Å². The number of rotatable bonds is 5. The lowest BCUT2D eigenvalue weighted by atomic mass is 10.0.